The second-order valence-corrected chi connectivity index (χ2v) is 8.70. The fourth-order valence-corrected chi connectivity index (χ4v) is 5.85. The van der Waals surface area contributed by atoms with Crippen molar-refractivity contribution < 1.29 is 9.53 Å². The Labute approximate surface area is 172 Å². The van der Waals surface area contributed by atoms with Gasteiger partial charge in [-0.3, -0.25) is 9.69 Å². The molecule has 29 heavy (non-hydrogen) atoms. The molecule has 1 amide bonds. The highest BCUT2D eigenvalue weighted by atomic mass is 16.5. The third-order valence-electron chi connectivity index (χ3n) is 7.35. The van der Waals surface area contributed by atoms with Crippen molar-refractivity contribution in [3.05, 3.63) is 48.0 Å². The quantitative estimate of drug-likeness (QED) is 0.782. The van der Waals surface area contributed by atoms with Crippen LogP contribution in [-0.2, 0) is 11.3 Å². The van der Waals surface area contributed by atoms with Crippen LogP contribution in [0.3, 0.4) is 0 Å². The third kappa shape index (κ3) is 3.23. The average molecular weight is 395 g/mol. The number of amides is 1. The largest absolute Gasteiger partial charge is 0.497 e. The van der Waals surface area contributed by atoms with Crippen LogP contribution in [0.1, 0.15) is 36.6 Å². The van der Waals surface area contributed by atoms with E-state index in [4.69, 9.17) is 4.74 Å². The standard InChI is InChI=1S/C23H30N4O2/c1-16-24-10-14-25(16)13-9-21(28)27-15-20(17-3-5-19(29-2)6-4-17)23-22(27)18-7-11-26(23)12-8-18/h3-6,10,14,18,20,22-23H,7-9,11-13,15H2,1-2H3/t20-,22+,23+/m1/s1. The molecule has 6 nitrogen and oxygen atoms in total. The Bertz CT molecular complexity index is 869. The fourth-order valence-electron chi connectivity index (χ4n) is 5.85. The predicted molar refractivity (Wildman–Crippen MR) is 111 cm³/mol. The highest BCUT2D eigenvalue weighted by Crippen LogP contribution is 2.46. The van der Waals surface area contributed by atoms with Gasteiger partial charge in [-0.2, -0.15) is 0 Å². The van der Waals surface area contributed by atoms with Gasteiger partial charge >= 0.3 is 0 Å². The zero-order valence-corrected chi connectivity index (χ0v) is 17.3. The summed E-state index contributed by atoms with van der Waals surface area (Å²) in [6, 6.07) is 9.29. The minimum atomic E-state index is 0.290. The number of methoxy groups -OCH3 is 1. The number of fused-ring (bicyclic) bond motifs is 2. The Balaban J connectivity index is 1.38. The van der Waals surface area contributed by atoms with Gasteiger partial charge in [0.15, 0.2) is 0 Å². The molecule has 1 aromatic heterocycles. The fraction of sp³-hybridized carbons (Fsp3) is 0.565. The molecule has 0 spiro atoms. The molecular formula is C23H30N4O2. The first-order valence-corrected chi connectivity index (χ1v) is 10.8. The number of rotatable bonds is 5. The molecule has 0 radical (unpaired) electrons. The molecule has 154 valence electrons. The number of carbonyl (C=O) groups is 1. The Morgan fingerprint density at radius 2 is 1.93 bits per heavy atom. The normalized spacial score (nSPS) is 30.4. The molecule has 0 aliphatic carbocycles. The number of benzene rings is 1. The first kappa shape index (κ1) is 18.7. The Morgan fingerprint density at radius 3 is 2.59 bits per heavy atom. The van der Waals surface area contributed by atoms with Crippen LogP contribution < -0.4 is 4.74 Å². The summed E-state index contributed by atoms with van der Waals surface area (Å²) in [4.78, 5) is 22.5. The van der Waals surface area contributed by atoms with Crippen molar-refractivity contribution in [2.45, 2.75) is 50.7 Å². The van der Waals surface area contributed by atoms with Crippen LogP contribution in [0.25, 0.3) is 0 Å². The van der Waals surface area contributed by atoms with E-state index in [0.29, 0.717) is 36.9 Å². The summed E-state index contributed by atoms with van der Waals surface area (Å²) in [6.45, 7) is 5.88. The lowest BCUT2D eigenvalue weighted by Crippen LogP contribution is -2.60. The number of hydrogen-bond acceptors (Lipinski definition) is 4. The van der Waals surface area contributed by atoms with Crippen LogP contribution in [0.4, 0.5) is 0 Å². The van der Waals surface area contributed by atoms with Crippen molar-refractivity contribution in [2.24, 2.45) is 5.92 Å². The first-order chi connectivity index (χ1) is 14.2. The third-order valence-corrected chi connectivity index (χ3v) is 7.35. The molecule has 2 bridgehead atoms. The molecule has 2 aromatic rings. The number of aromatic nitrogens is 2. The van der Waals surface area contributed by atoms with Gasteiger partial charge in [0.25, 0.3) is 0 Å². The number of carbonyl (C=O) groups excluding carboxylic acids is 1. The number of ether oxygens (including phenoxy) is 1. The average Bonchev–Trinajstić information content (AvgIpc) is 3.38. The molecular weight excluding hydrogens is 364 g/mol. The number of piperidine rings is 3. The van der Waals surface area contributed by atoms with Gasteiger partial charge in [0.2, 0.25) is 5.91 Å². The van der Waals surface area contributed by atoms with Crippen LogP contribution in [0, 0.1) is 12.8 Å². The Kier molecular flexibility index (Phi) is 4.82. The lowest BCUT2D eigenvalue weighted by atomic mass is 9.75. The summed E-state index contributed by atoms with van der Waals surface area (Å²) in [5.41, 5.74) is 1.33. The highest BCUT2D eigenvalue weighted by molar-refractivity contribution is 5.77. The van der Waals surface area contributed by atoms with Crippen molar-refractivity contribution in [2.75, 3.05) is 26.7 Å². The first-order valence-electron chi connectivity index (χ1n) is 10.8. The van der Waals surface area contributed by atoms with Gasteiger partial charge in [0.05, 0.1) is 13.2 Å². The van der Waals surface area contributed by atoms with Gasteiger partial charge < -0.3 is 14.2 Å². The molecule has 0 unspecified atom stereocenters. The maximum absolute atomic E-state index is 13.3. The van der Waals surface area contributed by atoms with E-state index < -0.39 is 0 Å². The van der Waals surface area contributed by atoms with Crippen molar-refractivity contribution in [1.29, 1.82) is 0 Å². The molecule has 0 saturated carbocycles. The zero-order chi connectivity index (χ0) is 20.0. The molecule has 6 rings (SSSR count). The maximum Gasteiger partial charge on any atom is 0.224 e. The summed E-state index contributed by atoms with van der Waals surface area (Å²) in [6.07, 6.45) is 6.76. The van der Waals surface area contributed by atoms with E-state index in [-0.39, 0.29) is 5.91 Å². The monoisotopic (exact) mass is 394 g/mol. The molecule has 4 aliphatic heterocycles. The summed E-state index contributed by atoms with van der Waals surface area (Å²) in [5, 5.41) is 0. The summed E-state index contributed by atoms with van der Waals surface area (Å²) in [7, 11) is 1.70. The van der Waals surface area contributed by atoms with Gasteiger partial charge in [-0.15, -0.1) is 0 Å². The van der Waals surface area contributed by atoms with Gasteiger partial charge in [0.1, 0.15) is 11.6 Å². The lowest BCUT2D eigenvalue weighted by molar-refractivity contribution is -0.136. The molecule has 5 heterocycles. The predicted octanol–water partition coefficient (Wildman–Crippen LogP) is 2.68. The summed E-state index contributed by atoms with van der Waals surface area (Å²) < 4.78 is 7.41. The maximum atomic E-state index is 13.3. The molecule has 6 heteroatoms. The van der Waals surface area contributed by atoms with Crippen LogP contribution in [0.2, 0.25) is 0 Å². The van der Waals surface area contributed by atoms with Gasteiger partial charge in [-0.05, 0) is 56.5 Å². The number of imidazole rings is 1. The van der Waals surface area contributed by atoms with E-state index in [1.54, 1.807) is 13.3 Å². The molecule has 4 saturated heterocycles. The molecule has 1 aromatic carbocycles. The number of hydrogen-bond donors (Lipinski definition) is 0. The van der Waals surface area contributed by atoms with E-state index in [0.717, 1.165) is 18.1 Å². The van der Waals surface area contributed by atoms with Gasteiger partial charge in [0, 0.05) is 43.9 Å². The van der Waals surface area contributed by atoms with Crippen LogP contribution in [-0.4, -0.2) is 64.1 Å². The molecule has 4 fully saturated rings. The smallest absolute Gasteiger partial charge is 0.224 e. The molecule has 0 N–H and O–H groups in total. The van der Waals surface area contributed by atoms with Crippen LogP contribution in [0.5, 0.6) is 5.75 Å². The van der Waals surface area contributed by atoms with E-state index >= 15 is 0 Å². The minimum Gasteiger partial charge on any atom is -0.497 e. The Hall–Kier alpha value is -2.34. The van der Waals surface area contributed by atoms with E-state index in [2.05, 4.69) is 31.5 Å². The lowest BCUT2D eigenvalue weighted by Gasteiger charge is -2.51. The second-order valence-electron chi connectivity index (χ2n) is 8.70. The van der Waals surface area contributed by atoms with Gasteiger partial charge in [-0.25, -0.2) is 4.98 Å². The zero-order valence-electron chi connectivity index (χ0n) is 17.3. The van der Waals surface area contributed by atoms with Crippen molar-refractivity contribution in [3.8, 4) is 5.75 Å². The number of likely N-dealkylation sites (tertiary alicyclic amines) is 1. The van der Waals surface area contributed by atoms with E-state index in [9.17, 15) is 4.79 Å². The molecule has 3 atom stereocenters. The highest BCUT2D eigenvalue weighted by Gasteiger charge is 2.54. The van der Waals surface area contributed by atoms with Crippen LogP contribution >= 0.6 is 0 Å². The van der Waals surface area contributed by atoms with Crippen molar-refractivity contribution in [3.63, 3.8) is 0 Å². The summed E-state index contributed by atoms with van der Waals surface area (Å²) >= 11 is 0. The minimum absolute atomic E-state index is 0.290. The van der Waals surface area contributed by atoms with E-state index in [1.807, 2.05) is 25.3 Å². The number of aryl methyl sites for hydroxylation is 2. The Morgan fingerprint density at radius 1 is 1.17 bits per heavy atom. The van der Waals surface area contributed by atoms with Crippen LogP contribution in [0.15, 0.2) is 36.7 Å². The van der Waals surface area contributed by atoms with E-state index in [1.165, 1.54) is 31.5 Å². The topological polar surface area (TPSA) is 50.6 Å². The molecule has 4 aliphatic rings. The summed E-state index contributed by atoms with van der Waals surface area (Å²) in [5.74, 6) is 3.17. The van der Waals surface area contributed by atoms with Crippen molar-refractivity contribution >= 4 is 5.91 Å². The second kappa shape index (κ2) is 7.48. The number of nitrogens with zero attached hydrogens (tertiary/aromatic N) is 4. The van der Waals surface area contributed by atoms with Crippen molar-refractivity contribution in [1.82, 2.24) is 19.4 Å². The van der Waals surface area contributed by atoms with Gasteiger partial charge in [-0.1, -0.05) is 12.1 Å². The SMILES string of the molecule is COc1ccc([C@H]2CN(C(=O)CCn3ccnc3C)[C@H]3C4CCN(CC4)[C@@H]23)cc1.